The molecule has 1 radical (unpaired) electrons. The molecule has 0 aliphatic rings. The van der Waals surface area contributed by atoms with Crippen LogP contribution in [0.5, 0.6) is 0 Å². The molecule has 0 saturated heterocycles. The number of fused-ring (bicyclic) bond motifs is 1. The zero-order valence-electron chi connectivity index (χ0n) is 6.91. The van der Waals surface area contributed by atoms with Crippen molar-refractivity contribution in [1.82, 2.24) is 4.98 Å². The van der Waals surface area contributed by atoms with E-state index in [4.69, 9.17) is 0 Å². The summed E-state index contributed by atoms with van der Waals surface area (Å²) in [5.74, 6) is 0. The maximum Gasteiger partial charge on any atom is 0.0268 e. The van der Waals surface area contributed by atoms with Crippen molar-refractivity contribution in [3.63, 3.8) is 0 Å². The van der Waals surface area contributed by atoms with Crippen LogP contribution in [0.15, 0.2) is 30.5 Å². The zero-order chi connectivity index (χ0) is 7.68. The first-order chi connectivity index (χ1) is 5.36. The van der Waals surface area contributed by atoms with E-state index in [9.17, 15) is 0 Å². The van der Waals surface area contributed by atoms with Crippen LogP contribution in [0.4, 0.5) is 0 Å². The minimum Gasteiger partial charge on any atom is -0.282 e. The molecule has 0 amide bonds. The number of pyridine rings is 1. The molecular formula is C10H8NY-. The Balaban J connectivity index is 0.000000720. The molecule has 0 bridgehead atoms. The van der Waals surface area contributed by atoms with Crippen LogP contribution in [-0.2, 0) is 32.7 Å². The van der Waals surface area contributed by atoms with E-state index in [-0.39, 0.29) is 32.7 Å². The van der Waals surface area contributed by atoms with Crippen molar-refractivity contribution in [1.29, 1.82) is 0 Å². The largest absolute Gasteiger partial charge is 0.282 e. The van der Waals surface area contributed by atoms with Gasteiger partial charge in [-0.1, -0.05) is 0 Å². The van der Waals surface area contributed by atoms with Crippen LogP contribution in [0.2, 0.25) is 0 Å². The Labute approximate surface area is 97.1 Å². The second kappa shape index (κ2) is 4.11. The Kier molecular flexibility index (Phi) is 3.36. The van der Waals surface area contributed by atoms with Gasteiger partial charge in [-0.15, -0.1) is 17.5 Å². The minimum absolute atomic E-state index is 0. The van der Waals surface area contributed by atoms with Crippen molar-refractivity contribution in [3.05, 3.63) is 42.1 Å². The first kappa shape index (κ1) is 9.82. The summed E-state index contributed by atoms with van der Waals surface area (Å²) in [7, 11) is 0. The number of nitrogens with zero attached hydrogens (tertiary/aromatic N) is 1. The standard InChI is InChI=1S/C10H8N.Y/c1-8-6-9-4-2-3-5-10(9)11-7-8;/h3-7H,1H3;/q-1;. The molecule has 12 heavy (non-hydrogen) atoms. The van der Waals surface area contributed by atoms with Crippen LogP contribution in [-0.4, -0.2) is 4.98 Å². The molecule has 0 aliphatic carbocycles. The summed E-state index contributed by atoms with van der Waals surface area (Å²) in [5, 5.41) is 1.16. The number of benzene rings is 1. The number of hydrogen-bond donors (Lipinski definition) is 0. The normalized spacial score (nSPS) is 9.42. The smallest absolute Gasteiger partial charge is 0.0268 e. The molecule has 0 unspecified atom stereocenters. The second-order valence-electron chi connectivity index (χ2n) is 2.63. The first-order valence-corrected chi connectivity index (χ1v) is 3.59. The van der Waals surface area contributed by atoms with Gasteiger partial charge >= 0.3 is 0 Å². The zero-order valence-corrected chi connectivity index (χ0v) is 9.75. The molecule has 2 rings (SSSR count). The molecule has 2 aromatic rings. The van der Waals surface area contributed by atoms with Gasteiger partial charge in [0.2, 0.25) is 0 Å². The van der Waals surface area contributed by atoms with E-state index in [0.717, 1.165) is 10.9 Å². The van der Waals surface area contributed by atoms with E-state index in [1.807, 2.05) is 31.3 Å². The maximum atomic E-state index is 4.26. The topological polar surface area (TPSA) is 12.9 Å². The van der Waals surface area contributed by atoms with E-state index in [2.05, 4.69) is 17.1 Å². The molecular weight excluding hydrogens is 223 g/mol. The summed E-state index contributed by atoms with van der Waals surface area (Å²) in [6, 6.07) is 10.9. The van der Waals surface area contributed by atoms with Gasteiger partial charge in [-0.2, -0.15) is 18.2 Å². The van der Waals surface area contributed by atoms with Crippen LogP contribution in [0, 0.1) is 13.0 Å². The summed E-state index contributed by atoms with van der Waals surface area (Å²) in [4.78, 5) is 4.26. The summed E-state index contributed by atoms with van der Waals surface area (Å²) >= 11 is 0. The van der Waals surface area contributed by atoms with Crippen molar-refractivity contribution in [2.45, 2.75) is 6.92 Å². The second-order valence-corrected chi connectivity index (χ2v) is 2.63. The van der Waals surface area contributed by atoms with Crippen molar-refractivity contribution in [3.8, 4) is 0 Å². The van der Waals surface area contributed by atoms with Crippen LogP contribution in [0.25, 0.3) is 10.9 Å². The number of aryl methyl sites for hydroxylation is 1. The Hall–Kier alpha value is -0.266. The summed E-state index contributed by atoms with van der Waals surface area (Å²) in [6.07, 6.45) is 1.88. The van der Waals surface area contributed by atoms with Crippen molar-refractivity contribution < 1.29 is 32.7 Å². The fraction of sp³-hybridized carbons (Fsp3) is 0.100. The third kappa shape index (κ3) is 1.91. The van der Waals surface area contributed by atoms with Gasteiger partial charge in [-0.25, -0.2) is 0 Å². The Morgan fingerprint density at radius 1 is 1.42 bits per heavy atom. The van der Waals surface area contributed by atoms with Crippen molar-refractivity contribution >= 4 is 10.9 Å². The summed E-state index contributed by atoms with van der Waals surface area (Å²) < 4.78 is 0. The van der Waals surface area contributed by atoms with E-state index in [0.29, 0.717) is 0 Å². The average Bonchev–Trinajstić information content (AvgIpc) is 2.04. The number of hydrogen-bond acceptors (Lipinski definition) is 1. The van der Waals surface area contributed by atoms with Crippen LogP contribution < -0.4 is 0 Å². The minimum atomic E-state index is 0. The van der Waals surface area contributed by atoms with Crippen molar-refractivity contribution in [2.24, 2.45) is 0 Å². The molecule has 0 atom stereocenters. The molecule has 0 fully saturated rings. The fourth-order valence-corrected chi connectivity index (χ4v) is 1.12. The van der Waals surface area contributed by atoms with E-state index < -0.39 is 0 Å². The van der Waals surface area contributed by atoms with Gasteiger partial charge in [0, 0.05) is 38.9 Å². The molecule has 0 saturated carbocycles. The van der Waals surface area contributed by atoms with E-state index in [1.54, 1.807) is 0 Å². The molecule has 0 N–H and O–H groups in total. The fourth-order valence-electron chi connectivity index (χ4n) is 1.12. The molecule has 0 spiro atoms. The summed E-state index contributed by atoms with van der Waals surface area (Å²) in [6.45, 7) is 2.04. The van der Waals surface area contributed by atoms with E-state index in [1.165, 1.54) is 5.56 Å². The number of aromatic nitrogens is 1. The van der Waals surface area contributed by atoms with Crippen LogP contribution >= 0.6 is 0 Å². The molecule has 2 heteroatoms. The van der Waals surface area contributed by atoms with Gasteiger partial charge < -0.3 is 0 Å². The molecule has 1 aromatic carbocycles. The first-order valence-electron chi connectivity index (χ1n) is 3.59. The molecule has 0 aliphatic heterocycles. The van der Waals surface area contributed by atoms with Gasteiger partial charge in [-0.3, -0.25) is 4.98 Å². The van der Waals surface area contributed by atoms with E-state index >= 15 is 0 Å². The van der Waals surface area contributed by atoms with Gasteiger partial charge in [0.25, 0.3) is 0 Å². The maximum absolute atomic E-state index is 4.26. The quantitative estimate of drug-likeness (QED) is 0.634. The van der Waals surface area contributed by atoms with Gasteiger partial charge in [0.15, 0.2) is 0 Å². The predicted octanol–water partition coefficient (Wildman–Crippen LogP) is 2.34. The molecule has 57 valence electrons. The third-order valence-electron chi connectivity index (χ3n) is 1.66. The molecule has 1 nitrogen and oxygen atoms in total. The summed E-state index contributed by atoms with van der Waals surface area (Å²) in [5.41, 5.74) is 2.23. The third-order valence-corrected chi connectivity index (χ3v) is 1.66. The monoisotopic (exact) mass is 231 g/mol. The SMILES string of the molecule is Cc1cnc2cc[c-]cc2c1.[Y]. The van der Waals surface area contributed by atoms with Crippen LogP contribution in [0.1, 0.15) is 5.56 Å². The molecule has 1 heterocycles. The Morgan fingerprint density at radius 2 is 2.25 bits per heavy atom. The van der Waals surface area contributed by atoms with Gasteiger partial charge in [-0.05, 0) is 18.0 Å². The number of rotatable bonds is 0. The Bertz CT molecular complexity index is 384. The van der Waals surface area contributed by atoms with Crippen molar-refractivity contribution in [2.75, 3.05) is 0 Å². The van der Waals surface area contributed by atoms with Crippen LogP contribution in [0.3, 0.4) is 0 Å². The Morgan fingerprint density at radius 3 is 3.08 bits per heavy atom. The average molecular weight is 231 g/mol. The van der Waals surface area contributed by atoms with Gasteiger partial charge in [0.1, 0.15) is 0 Å². The predicted molar refractivity (Wildman–Crippen MR) is 45.3 cm³/mol. The molecule has 1 aromatic heterocycles. The van der Waals surface area contributed by atoms with Gasteiger partial charge in [0.05, 0.1) is 0 Å².